The van der Waals surface area contributed by atoms with Gasteiger partial charge in [-0.1, -0.05) is 36.4 Å². The van der Waals surface area contributed by atoms with Gasteiger partial charge in [0.2, 0.25) is 5.91 Å². The summed E-state index contributed by atoms with van der Waals surface area (Å²) in [6.07, 6.45) is 1.78. The molecule has 30 heavy (non-hydrogen) atoms. The van der Waals surface area contributed by atoms with E-state index < -0.39 is 0 Å². The summed E-state index contributed by atoms with van der Waals surface area (Å²) in [5.41, 5.74) is 3.60. The molecule has 2 aromatic carbocycles. The lowest BCUT2D eigenvalue weighted by molar-refractivity contribution is -0.114. The molecule has 0 fully saturated rings. The van der Waals surface area contributed by atoms with E-state index in [1.807, 2.05) is 47.8 Å². The number of anilines is 2. The van der Waals surface area contributed by atoms with E-state index >= 15 is 0 Å². The van der Waals surface area contributed by atoms with Crippen LogP contribution in [-0.4, -0.2) is 21.6 Å². The molecule has 4 rings (SSSR count). The summed E-state index contributed by atoms with van der Waals surface area (Å²) in [5.74, 6) is -0.372. The van der Waals surface area contributed by atoms with Gasteiger partial charge in [0.1, 0.15) is 5.69 Å². The summed E-state index contributed by atoms with van der Waals surface area (Å²) in [4.78, 5) is 25.1. The first-order valence-corrected chi connectivity index (χ1v) is 10.3. The predicted molar refractivity (Wildman–Crippen MR) is 120 cm³/mol. The summed E-state index contributed by atoms with van der Waals surface area (Å²) in [6.45, 7) is 2.03. The summed E-state index contributed by atoms with van der Waals surface area (Å²) >= 11 is 1.55. The van der Waals surface area contributed by atoms with Crippen molar-refractivity contribution in [2.24, 2.45) is 0 Å². The standard InChI is InChI=1S/C23H20N4O2S/c1-16(28)24-18-9-11-19(12-10-18)25-23(29)20-15-27(14-17-6-3-2-4-7-17)26-22(20)21-8-5-13-30-21/h2-13,15H,14H2,1H3,(H,24,28)(H,25,29). The SMILES string of the molecule is CC(=O)Nc1ccc(NC(=O)c2cn(Cc3ccccc3)nc2-c2cccs2)cc1. The molecule has 0 aliphatic heterocycles. The van der Waals surface area contributed by atoms with Crippen molar-refractivity contribution in [2.75, 3.05) is 10.6 Å². The van der Waals surface area contributed by atoms with Gasteiger partial charge in [-0.05, 0) is 41.3 Å². The van der Waals surface area contributed by atoms with Gasteiger partial charge in [-0.15, -0.1) is 11.3 Å². The Morgan fingerprint density at radius 2 is 1.63 bits per heavy atom. The number of carbonyl (C=O) groups excluding carboxylic acids is 2. The van der Waals surface area contributed by atoms with E-state index in [0.29, 0.717) is 29.2 Å². The number of amides is 2. The summed E-state index contributed by atoms with van der Waals surface area (Å²) in [5, 5.41) is 12.3. The van der Waals surface area contributed by atoms with Crippen LogP contribution in [0.4, 0.5) is 11.4 Å². The van der Waals surface area contributed by atoms with Gasteiger partial charge < -0.3 is 10.6 Å². The molecule has 4 aromatic rings. The van der Waals surface area contributed by atoms with Gasteiger partial charge in [0.15, 0.2) is 0 Å². The van der Waals surface area contributed by atoms with Crippen molar-refractivity contribution in [3.63, 3.8) is 0 Å². The number of benzene rings is 2. The fourth-order valence-electron chi connectivity index (χ4n) is 3.07. The number of hydrogen-bond acceptors (Lipinski definition) is 4. The second-order valence-electron chi connectivity index (χ2n) is 6.76. The highest BCUT2D eigenvalue weighted by molar-refractivity contribution is 7.13. The predicted octanol–water partition coefficient (Wildman–Crippen LogP) is 4.87. The molecule has 0 atom stereocenters. The van der Waals surface area contributed by atoms with Crippen molar-refractivity contribution in [3.05, 3.63) is 89.4 Å². The van der Waals surface area contributed by atoms with Crippen LogP contribution in [-0.2, 0) is 11.3 Å². The van der Waals surface area contributed by atoms with Gasteiger partial charge >= 0.3 is 0 Å². The fraction of sp³-hybridized carbons (Fsp3) is 0.0870. The number of aromatic nitrogens is 2. The van der Waals surface area contributed by atoms with Gasteiger partial charge in [-0.2, -0.15) is 5.10 Å². The van der Waals surface area contributed by atoms with Gasteiger partial charge in [0.25, 0.3) is 5.91 Å². The van der Waals surface area contributed by atoms with Crippen molar-refractivity contribution in [3.8, 4) is 10.6 Å². The molecular formula is C23H20N4O2S. The number of nitrogens with one attached hydrogen (secondary N) is 2. The number of rotatable bonds is 6. The second-order valence-corrected chi connectivity index (χ2v) is 7.71. The van der Waals surface area contributed by atoms with E-state index in [-0.39, 0.29) is 11.8 Å². The average Bonchev–Trinajstić information content (AvgIpc) is 3.40. The molecule has 0 radical (unpaired) electrons. The molecule has 150 valence electrons. The van der Waals surface area contributed by atoms with E-state index in [1.54, 1.807) is 46.5 Å². The van der Waals surface area contributed by atoms with Crippen LogP contribution in [0.2, 0.25) is 0 Å². The summed E-state index contributed by atoms with van der Waals surface area (Å²) in [6, 6.07) is 20.9. The third kappa shape index (κ3) is 4.64. The van der Waals surface area contributed by atoms with Gasteiger partial charge in [0, 0.05) is 24.5 Å². The van der Waals surface area contributed by atoms with E-state index in [4.69, 9.17) is 0 Å². The molecule has 0 saturated carbocycles. The first-order chi connectivity index (χ1) is 14.6. The zero-order valence-electron chi connectivity index (χ0n) is 16.3. The molecule has 6 nitrogen and oxygen atoms in total. The lowest BCUT2D eigenvalue weighted by Crippen LogP contribution is -2.12. The zero-order valence-corrected chi connectivity index (χ0v) is 17.1. The Labute approximate surface area is 178 Å². The minimum Gasteiger partial charge on any atom is -0.326 e. The fourth-order valence-corrected chi connectivity index (χ4v) is 3.80. The molecule has 2 N–H and O–H groups in total. The van der Waals surface area contributed by atoms with Crippen LogP contribution >= 0.6 is 11.3 Å². The maximum atomic E-state index is 13.0. The van der Waals surface area contributed by atoms with Crippen LogP contribution < -0.4 is 10.6 Å². The van der Waals surface area contributed by atoms with E-state index in [2.05, 4.69) is 15.7 Å². The van der Waals surface area contributed by atoms with E-state index in [0.717, 1.165) is 10.4 Å². The van der Waals surface area contributed by atoms with Crippen molar-refractivity contribution in [2.45, 2.75) is 13.5 Å². The first-order valence-electron chi connectivity index (χ1n) is 9.43. The molecule has 0 aliphatic rings. The highest BCUT2D eigenvalue weighted by atomic mass is 32.1. The molecule has 0 bridgehead atoms. The van der Waals surface area contributed by atoms with Gasteiger partial charge in [-0.3, -0.25) is 14.3 Å². The van der Waals surface area contributed by atoms with E-state index in [9.17, 15) is 9.59 Å². The zero-order chi connectivity index (χ0) is 20.9. The molecule has 2 heterocycles. The largest absolute Gasteiger partial charge is 0.326 e. The Kier molecular flexibility index (Phi) is 5.72. The minimum atomic E-state index is -0.231. The Morgan fingerprint density at radius 1 is 0.933 bits per heavy atom. The van der Waals surface area contributed by atoms with Crippen LogP contribution in [0.15, 0.2) is 78.3 Å². The Morgan fingerprint density at radius 3 is 2.27 bits per heavy atom. The number of nitrogens with zero attached hydrogens (tertiary/aromatic N) is 2. The third-order valence-corrected chi connectivity index (χ3v) is 5.29. The lowest BCUT2D eigenvalue weighted by Gasteiger charge is -2.07. The lowest BCUT2D eigenvalue weighted by atomic mass is 10.2. The van der Waals surface area contributed by atoms with Crippen LogP contribution in [0.1, 0.15) is 22.8 Å². The minimum absolute atomic E-state index is 0.141. The molecule has 0 saturated heterocycles. The van der Waals surface area contributed by atoms with Crippen molar-refractivity contribution >= 4 is 34.5 Å². The topological polar surface area (TPSA) is 76.0 Å². The summed E-state index contributed by atoms with van der Waals surface area (Å²) in [7, 11) is 0. The van der Waals surface area contributed by atoms with Crippen LogP contribution in [0, 0.1) is 0 Å². The monoisotopic (exact) mass is 416 g/mol. The third-order valence-electron chi connectivity index (χ3n) is 4.41. The number of hydrogen-bond donors (Lipinski definition) is 2. The van der Waals surface area contributed by atoms with Crippen LogP contribution in [0.5, 0.6) is 0 Å². The summed E-state index contributed by atoms with van der Waals surface area (Å²) < 4.78 is 1.79. The first kappa shape index (κ1) is 19.6. The molecule has 7 heteroatoms. The molecule has 0 unspecified atom stereocenters. The van der Waals surface area contributed by atoms with Crippen LogP contribution in [0.25, 0.3) is 10.6 Å². The Hall–Kier alpha value is -3.71. The highest BCUT2D eigenvalue weighted by Gasteiger charge is 2.19. The molecule has 0 aliphatic carbocycles. The Balaban J connectivity index is 1.58. The normalized spacial score (nSPS) is 10.6. The molecule has 0 spiro atoms. The Bertz CT molecular complexity index is 1150. The molecule has 2 aromatic heterocycles. The maximum Gasteiger partial charge on any atom is 0.259 e. The number of carbonyl (C=O) groups is 2. The van der Waals surface area contributed by atoms with Crippen LogP contribution in [0.3, 0.4) is 0 Å². The number of thiophene rings is 1. The van der Waals surface area contributed by atoms with E-state index in [1.165, 1.54) is 6.92 Å². The molecular weight excluding hydrogens is 396 g/mol. The highest BCUT2D eigenvalue weighted by Crippen LogP contribution is 2.28. The van der Waals surface area contributed by atoms with Crippen molar-refractivity contribution < 1.29 is 9.59 Å². The van der Waals surface area contributed by atoms with Crippen molar-refractivity contribution in [1.82, 2.24) is 9.78 Å². The average molecular weight is 417 g/mol. The quantitative estimate of drug-likeness (QED) is 0.471. The molecule has 2 amide bonds. The maximum absolute atomic E-state index is 13.0. The van der Waals surface area contributed by atoms with Gasteiger partial charge in [-0.25, -0.2) is 0 Å². The second kappa shape index (κ2) is 8.75. The smallest absolute Gasteiger partial charge is 0.259 e. The van der Waals surface area contributed by atoms with Crippen molar-refractivity contribution in [1.29, 1.82) is 0 Å². The van der Waals surface area contributed by atoms with Gasteiger partial charge in [0.05, 0.1) is 17.0 Å².